The quantitative estimate of drug-likeness (QED) is 0.126. The third kappa shape index (κ3) is 6.18. The third-order valence-corrected chi connectivity index (χ3v) is 16.4. The molecule has 4 aromatic carbocycles. The molecule has 60 heavy (non-hydrogen) atoms. The Balaban J connectivity index is 1.11. The monoisotopic (exact) mass is 790 g/mol. The summed E-state index contributed by atoms with van der Waals surface area (Å²) in [6.45, 7) is 1.09. The van der Waals surface area contributed by atoms with Crippen LogP contribution in [-0.2, 0) is 21.7 Å². The number of rotatable bonds is 13. The molecule has 0 heterocycles. The van der Waals surface area contributed by atoms with E-state index in [2.05, 4.69) is 121 Å². The Morgan fingerprint density at radius 3 is 0.800 bits per heavy atom. The maximum absolute atomic E-state index is 5.91. The molecule has 0 saturated heterocycles. The van der Waals surface area contributed by atoms with Crippen LogP contribution in [0.3, 0.4) is 0 Å². The summed E-state index contributed by atoms with van der Waals surface area (Å²) >= 11 is 0. The number of benzene rings is 4. The Morgan fingerprint density at radius 2 is 0.583 bits per heavy atom. The Kier molecular flexibility index (Phi) is 9.31. The largest absolute Gasteiger partial charge is 0.481 e. The van der Waals surface area contributed by atoms with Gasteiger partial charge in [-0.05, 0) is 192 Å². The van der Waals surface area contributed by atoms with Gasteiger partial charge in [-0.15, -0.1) is 25.7 Å². The molecule has 8 aliphatic rings. The van der Waals surface area contributed by atoms with Crippen molar-refractivity contribution >= 4 is 0 Å². The summed E-state index contributed by atoms with van der Waals surface area (Å²) in [6, 6.07) is 36.2. The molecule has 0 amide bonds. The van der Waals surface area contributed by atoms with Gasteiger partial charge >= 0.3 is 0 Å². The van der Waals surface area contributed by atoms with Crippen molar-refractivity contribution in [2.45, 2.75) is 98.7 Å². The van der Waals surface area contributed by atoms with Crippen LogP contribution < -0.4 is 18.9 Å². The summed E-state index contributed by atoms with van der Waals surface area (Å²) in [7, 11) is 0. The number of hydrogen-bond donors (Lipinski definition) is 0. The third-order valence-electron chi connectivity index (χ3n) is 16.4. The highest BCUT2D eigenvalue weighted by Crippen LogP contribution is 2.82. The molecular weight excluding hydrogens is 737 g/mol. The fraction of sp³-hybridized carbons (Fsp3) is 0.429. The highest BCUT2D eigenvalue weighted by molar-refractivity contribution is 5.47. The van der Waals surface area contributed by atoms with Crippen LogP contribution in [0.2, 0.25) is 0 Å². The van der Waals surface area contributed by atoms with Gasteiger partial charge in [-0.3, -0.25) is 0 Å². The first-order chi connectivity index (χ1) is 29.2. The molecule has 4 nitrogen and oxygen atoms in total. The summed E-state index contributed by atoms with van der Waals surface area (Å²) in [5.74, 6) is 15.1. The van der Waals surface area contributed by atoms with Crippen LogP contribution >= 0.6 is 0 Å². The standard InChI is InChI=1S/C56H54O4/c1-5-25-57-47-17-9-43(10-18-47)51-29-41-30-52(35-51,44-11-19-48(20-12-44)58-26-6-2)38-55(33-41,37-51)56-34-42-31-53(39-56,45-13-21-49(22-14-45)59-27-7-3)36-54(32-42,40-56)46-15-23-50(24-16-46)60-28-8-4/h1-4,9-24,41-42H,25-40H2. The van der Waals surface area contributed by atoms with Crippen molar-refractivity contribution in [1.82, 2.24) is 0 Å². The van der Waals surface area contributed by atoms with Gasteiger partial charge in [0, 0.05) is 0 Å². The SMILES string of the molecule is C#CCOc1ccc(C23CC4CC(c5ccc(OCC#C)cc5)(C2)CC(C25CC6CC(c7ccc(OCC#C)cc7)(CC(c7ccc(OCC#C)cc7)(C6)C2)C5)(C4)C3)cc1. The molecule has 8 aliphatic carbocycles. The molecule has 8 fully saturated rings. The second kappa shape index (κ2) is 14.5. The van der Waals surface area contributed by atoms with Crippen molar-refractivity contribution in [2.75, 3.05) is 26.4 Å². The van der Waals surface area contributed by atoms with Crippen LogP contribution in [-0.4, -0.2) is 26.4 Å². The van der Waals surface area contributed by atoms with Crippen LogP contribution in [0, 0.1) is 72.0 Å². The van der Waals surface area contributed by atoms with Gasteiger partial charge in [0.05, 0.1) is 0 Å². The summed E-state index contributed by atoms with van der Waals surface area (Å²) in [5.41, 5.74) is 6.37. The first-order valence-corrected chi connectivity index (χ1v) is 21.9. The first kappa shape index (κ1) is 38.5. The molecule has 0 spiro atoms. The number of hydrogen-bond acceptors (Lipinski definition) is 4. The van der Waals surface area contributed by atoms with E-state index in [-0.39, 0.29) is 58.9 Å². The lowest BCUT2D eigenvalue weighted by Crippen LogP contribution is -2.70. The van der Waals surface area contributed by atoms with Crippen molar-refractivity contribution < 1.29 is 18.9 Å². The van der Waals surface area contributed by atoms with Gasteiger partial charge in [0.2, 0.25) is 0 Å². The van der Waals surface area contributed by atoms with E-state index in [9.17, 15) is 0 Å². The molecule has 302 valence electrons. The molecule has 4 aromatic rings. The smallest absolute Gasteiger partial charge is 0.148 e. The maximum Gasteiger partial charge on any atom is 0.148 e. The summed E-state index contributed by atoms with van der Waals surface area (Å²) in [4.78, 5) is 0. The van der Waals surface area contributed by atoms with E-state index in [4.69, 9.17) is 44.6 Å². The minimum atomic E-state index is 0.0540. The zero-order valence-corrected chi connectivity index (χ0v) is 34.6. The van der Waals surface area contributed by atoms with E-state index in [0.717, 1.165) is 35.8 Å². The number of ether oxygens (including phenoxy) is 4. The average molecular weight is 791 g/mol. The van der Waals surface area contributed by atoms with Gasteiger partial charge in [-0.25, -0.2) is 0 Å². The summed E-state index contributed by atoms with van der Waals surface area (Å²) < 4.78 is 23.6. The first-order valence-electron chi connectivity index (χ1n) is 21.9. The lowest BCUT2D eigenvalue weighted by molar-refractivity contribution is -0.224. The van der Waals surface area contributed by atoms with Gasteiger partial charge in [0.15, 0.2) is 0 Å². The van der Waals surface area contributed by atoms with Gasteiger partial charge in [-0.2, -0.15) is 0 Å². The van der Waals surface area contributed by atoms with E-state index < -0.39 is 0 Å². The lowest BCUT2D eigenvalue weighted by Gasteiger charge is -2.77. The second-order valence-corrected chi connectivity index (χ2v) is 19.8. The molecule has 12 rings (SSSR count). The van der Waals surface area contributed by atoms with Crippen molar-refractivity contribution in [3.8, 4) is 72.4 Å². The van der Waals surface area contributed by atoms with Crippen LogP contribution in [0.5, 0.6) is 23.0 Å². The summed E-state index contributed by atoms with van der Waals surface area (Å²) in [5, 5.41) is 0. The molecule has 0 radical (unpaired) electrons. The zero-order valence-electron chi connectivity index (χ0n) is 34.6. The molecule has 0 aliphatic heterocycles. The van der Waals surface area contributed by atoms with E-state index in [1.165, 1.54) is 86.5 Å². The fourth-order valence-corrected chi connectivity index (χ4v) is 15.5. The molecule has 0 N–H and O–H groups in total. The van der Waals surface area contributed by atoms with Crippen LogP contribution in [0.1, 0.15) is 99.3 Å². The van der Waals surface area contributed by atoms with Crippen molar-refractivity contribution in [3.63, 3.8) is 0 Å². The Bertz CT molecular complexity index is 2090. The van der Waals surface area contributed by atoms with Gasteiger partial charge in [-0.1, -0.05) is 72.2 Å². The molecule has 0 aromatic heterocycles. The Hall–Kier alpha value is -5.68. The van der Waals surface area contributed by atoms with E-state index in [1.54, 1.807) is 0 Å². The predicted molar refractivity (Wildman–Crippen MR) is 237 cm³/mol. The maximum atomic E-state index is 5.91. The van der Waals surface area contributed by atoms with Crippen LogP contribution in [0.15, 0.2) is 97.1 Å². The van der Waals surface area contributed by atoms with E-state index in [1.807, 2.05) is 0 Å². The van der Waals surface area contributed by atoms with Gasteiger partial charge < -0.3 is 18.9 Å². The number of terminal acetylenes is 4. The normalized spacial score (nSPS) is 33.8. The van der Waals surface area contributed by atoms with E-state index in [0.29, 0.717) is 11.8 Å². The minimum absolute atomic E-state index is 0.0540. The topological polar surface area (TPSA) is 36.9 Å². The van der Waals surface area contributed by atoms with Crippen LogP contribution in [0.25, 0.3) is 0 Å². The lowest BCUT2D eigenvalue weighted by atomic mass is 9.26. The van der Waals surface area contributed by atoms with E-state index >= 15 is 0 Å². The molecule has 4 heteroatoms. The van der Waals surface area contributed by atoms with Crippen molar-refractivity contribution in [3.05, 3.63) is 119 Å². The minimum Gasteiger partial charge on any atom is -0.481 e. The van der Waals surface area contributed by atoms with Crippen molar-refractivity contribution in [2.24, 2.45) is 22.7 Å². The Labute approximate surface area is 357 Å². The molecular formula is C56H54O4. The van der Waals surface area contributed by atoms with Gasteiger partial charge in [0.1, 0.15) is 49.4 Å². The molecule has 8 saturated carbocycles. The highest BCUT2D eigenvalue weighted by atomic mass is 16.5. The molecule has 8 bridgehead atoms. The average Bonchev–Trinajstić information content (AvgIpc) is 3.26. The molecule has 4 unspecified atom stereocenters. The van der Waals surface area contributed by atoms with Gasteiger partial charge in [0.25, 0.3) is 0 Å². The fourth-order valence-electron chi connectivity index (χ4n) is 15.5. The summed E-state index contributed by atoms with van der Waals surface area (Å²) in [6.07, 6.45) is 37.1. The predicted octanol–water partition coefficient (Wildman–Crippen LogP) is 10.8. The highest BCUT2D eigenvalue weighted by Gasteiger charge is 2.74. The van der Waals surface area contributed by atoms with Crippen LogP contribution in [0.4, 0.5) is 0 Å². The Morgan fingerprint density at radius 1 is 0.350 bits per heavy atom. The van der Waals surface area contributed by atoms with Crippen molar-refractivity contribution in [1.29, 1.82) is 0 Å². The zero-order chi connectivity index (χ0) is 41.1. The second-order valence-electron chi connectivity index (χ2n) is 19.8. The molecule has 4 atom stereocenters.